The fourth-order valence-corrected chi connectivity index (χ4v) is 5.08. The van der Waals surface area contributed by atoms with E-state index in [1.165, 1.54) is 12.1 Å². The summed E-state index contributed by atoms with van der Waals surface area (Å²) in [7, 11) is -0.909. The fourth-order valence-electron chi connectivity index (χ4n) is 3.65. The molecule has 0 fully saturated rings. The lowest BCUT2D eigenvalue weighted by Crippen LogP contribution is -2.41. The number of anilines is 1. The summed E-state index contributed by atoms with van der Waals surface area (Å²) in [6.07, 6.45) is 0.534. The van der Waals surface area contributed by atoms with Gasteiger partial charge in [-0.2, -0.15) is 0 Å². The summed E-state index contributed by atoms with van der Waals surface area (Å²) in [6, 6.07) is 18.9. The van der Waals surface area contributed by atoms with Gasteiger partial charge in [0.1, 0.15) is 12.3 Å². The highest BCUT2D eigenvalue weighted by Gasteiger charge is 2.29. The van der Waals surface area contributed by atoms with E-state index in [1.54, 1.807) is 56.7 Å². The van der Waals surface area contributed by atoms with Crippen LogP contribution in [0, 0.1) is 6.92 Å². The van der Waals surface area contributed by atoms with E-state index in [9.17, 15) is 13.2 Å². The number of carbonyl (C=O) groups is 1. The Morgan fingerprint density at radius 3 is 2.28 bits per heavy atom. The highest BCUT2D eigenvalue weighted by Crippen LogP contribution is 2.32. The van der Waals surface area contributed by atoms with E-state index in [0.29, 0.717) is 42.5 Å². The summed E-state index contributed by atoms with van der Waals surface area (Å²) < 4.78 is 44.6. The number of nitrogens with one attached hydrogen (secondary N) is 1. The number of hydrogen-bond acceptors (Lipinski definition) is 6. The molecule has 0 spiro atoms. The number of rotatable bonds is 12. The summed E-state index contributed by atoms with van der Waals surface area (Å²) in [5.41, 5.74) is 2.18. The van der Waals surface area contributed by atoms with Gasteiger partial charge in [0.05, 0.1) is 31.4 Å². The van der Waals surface area contributed by atoms with Gasteiger partial charge in [0.15, 0.2) is 11.5 Å². The normalized spacial score (nSPS) is 11.0. The zero-order valence-electron chi connectivity index (χ0n) is 21.0. The Morgan fingerprint density at radius 2 is 1.61 bits per heavy atom. The van der Waals surface area contributed by atoms with Gasteiger partial charge in [-0.25, -0.2) is 8.42 Å². The zero-order chi connectivity index (χ0) is 26.1. The van der Waals surface area contributed by atoms with Crippen molar-refractivity contribution in [1.82, 2.24) is 5.32 Å². The number of methoxy groups -OCH3 is 2. The van der Waals surface area contributed by atoms with Crippen molar-refractivity contribution >= 4 is 21.6 Å². The van der Waals surface area contributed by atoms with Crippen LogP contribution in [0.15, 0.2) is 71.6 Å². The van der Waals surface area contributed by atoms with Crippen LogP contribution in [-0.2, 0) is 21.2 Å². The molecule has 9 heteroatoms. The second-order valence-electron chi connectivity index (χ2n) is 8.01. The first-order chi connectivity index (χ1) is 17.3. The number of para-hydroxylation sites is 2. The van der Waals surface area contributed by atoms with Gasteiger partial charge in [0.2, 0.25) is 5.91 Å². The van der Waals surface area contributed by atoms with E-state index in [0.717, 1.165) is 15.4 Å². The van der Waals surface area contributed by atoms with Crippen LogP contribution in [0.1, 0.15) is 18.1 Å². The molecular formula is C27H32N2O6S. The Hall–Kier alpha value is -3.72. The van der Waals surface area contributed by atoms with Gasteiger partial charge < -0.3 is 19.5 Å². The maximum Gasteiger partial charge on any atom is 0.264 e. The standard InChI is InChI=1S/C27H32N2O6S/c1-5-35-24-9-7-6-8-23(24)29(36(31,32)22-13-10-20(2)11-14-22)19-27(30)28-17-16-21-12-15-25(33-3)26(18-21)34-4/h6-15,18H,5,16-17,19H2,1-4H3,(H,28,30). The predicted molar refractivity (Wildman–Crippen MR) is 140 cm³/mol. The maximum atomic E-state index is 13.6. The molecule has 1 N–H and O–H groups in total. The number of carbonyl (C=O) groups excluding carboxylic acids is 1. The Morgan fingerprint density at radius 1 is 0.917 bits per heavy atom. The molecule has 0 saturated carbocycles. The van der Waals surface area contributed by atoms with Gasteiger partial charge in [-0.3, -0.25) is 9.10 Å². The van der Waals surface area contributed by atoms with Gasteiger partial charge in [0, 0.05) is 6.54 Å². The summed E-state index contributed by atoms with van der Waals surface area (Å²) in [5.74, 6) is 1.17. The number of hydrogen-bond donors (Lipinski definition) is 1. The highest BCUT2D eigenvalue weighted by molar-refractivity contribution is 7.92. The molecule has 1 amide bonds. The molecular weight excluding hydrogens is 480 g/mol. The molecule has 3 aromatic carbocycles. The first-order valence-electron chi connectivity index (χ1n) is 11.6. The van der Waals surface area contributed by atoms with E-state index in [-0.39, 0.29) is 4.90 Å². The molecule has 0 atom stereocenters. The molecule has 0 bridgehead atoms. The van der Waals surface area contributed by atoms with Gasteiger partial charge >= 0.3 is 0 Å². The first-order valence-corrected chi connectivity index (χ1v) is 13.0. The van der Waals surface area contributed by atoms with E-state index in [1.807, 2.05) is 26.0 Å². The van der Waals surface area contributed by atoms with Crippen LogP contribution >= 0.6 is 0 Å². The Balaban J connectivity index is 1.80. The third-order valence-electron chi connectivity index (χ3n) is 5.51. The van der Waals surface area contributed by atoms with Crippen LogP contribution in [-0.4, -0.2) is 48.2 Å². The molecule has 0 aliphatic carbocycles. The Bertz CT molecular complexity index is 1280. The molecule has 0 aromatic heterocycles. The van der Waals surface area contributed by atoms with Crippen molar-refractivity contribution in [1.29, 1.82) is 0 Å². The van der Waals surface area contributed by atoms with Crippen LogP contribution in [0.4, 0.5) is 5.69 Å². The number of nitrogens with zero attached hydrogens (tertiary/aromatic N) is 1. The zero-order valence-corrected chi connectivity index (χ0v) is 21.8. The summed E-state index contributed by atoms with van der Waals surface area (Å²) >= 11 is 0. The van der Waals surface area contributed by atoms with Crippen molar-refractivity contribution in [2.75, 3.05) is 38.2 Å². The number of amides is 1. The van der Waals surface area contributed by atoms with E-state index >= 15 is 0 Å². The quantitative estimate of drug-likeness (QED) is 0.395. The molecule has 0 aliphatic heterocycles. The van der Waals surface area contributed by atoms with E-state index < -0.39 is 22.5 Å². The molecule has 192 valence electrons. The van der Waals surface area contributed by atoms with Gasteiger partial charge in [-0.15, -0.1) is 0 Å². The molecule has 0 aliphatic rings. The molecule has 3 rings (SSSR count). The molecule has 0 heterocycles. The van der Waals surface area contributed by atoms with Crippen molar-refractivity contribution in [3.8, 4) is 17.2 Å². The van der Waals surface area contributed by atoms with Crippen molar-refractivity contribution < 1.29 is 27.4 Å². The molecule has 8 nitrogen and oxygen atoms in total. The molecule has 0 saturated heterocycles. The Kier molecular flexibility index (Phi) is 9.19. The topological polar surface area (TPSA) is 94.2 Å². The summed E-state index contributed by atoms with van der Waals surface area (Å²) in [5, 5.41) is 2.82. The smallest absolute Gasteiger partial charge is 0.264 e. The van der Waals surface area contributed by atoms with Crippen LogP contribution < -0.4 is 23.8 Å². The minimum absolute atomic E-state index is 0.0949. The van der Waals surface area contributed by atoms with Gasteiger partial charge in [0.25, 0.3) is 10.0 Å². The minimum Gasteiger partial charge on any atom is -0.493 e. The van der Waals surface area contributed by atoms with Crippen LogP contribution in [0.3, 0.4) is 0 Å². The van der Waals surface area contributed by atoms with Crippen molar-refractivity contribution in [3.63, 3.8) is 0 Å². The monoisotopic (exact) mass is 512 g/mol. The molecule has 36 heavy (non-hydrogen) atoms. The second-order valence-corrected chi connectivity index (χ2v) is 9.88. The lowest BCUT2D eigenvalue weighted by atomic mass is 10.1. The van der Waals surface area contributed by atoms with E-state index in [4.69, 9.17) is 14.2 Å². The number of sulfonamides is 1. The highest BCUT2D eigenvalue weighted by atomic mass is 32.2. The second kappa shape index (κ2) is 12.3. The van der Waals surface area contributed by atoms with Gasteiger partial charge in [-0.1, -0.05) is 35.9 Å². The maximum absolute atomic E-state index is 13.6. The number of benzene rings is 3. The number of aryl methyl sites for hydroxylation is 1. The van der Waals surface area contributed by atoms with Crippen LogP contribution in [0.25, 0.3) is 0 Å². The Labute approximate surface area is 212 Å². The third-order valence-corrected chi connectivity index (χ3v) is 7.29. The van der Waals surface area contributed by atoms with Crippen molar-refractivity contribution in [3.05, 3.63) is 77.9 Å². The average molecular weight is 513 g/mol. The molecule has 0 unspecified atom stereocenters. The van der Waals surface area contributed by atoms with Crippen LogP contribution in [0.5, 0.6) is 17.2 Å². The lowest BCUT2D eigenvalue weighted by Gasteiger charge is -2.26. The average Bonchev–Trinajstić information content (AvgIpc) is 2.88. The first kappa shape index (κ1) is 26.9. The third kappa shape index (κ3) is 6.48. The minimum atomic E-state index is -4.04. The van der Waals surface area contributed by atoms with Crippen molar-refractivity contribution in [2.45, 2.75) is 25.2 Å². The van der Waals surface area contributed by atoms with Crippen molar-refractivity contribution in [2.24, 2.45) is 0 Å². The molecule has 3 aromatic rings. The van der Waals surface area contributed by atoms with E-state index in [2.05, 4.69) is 5.32 Å². The summed E-state index contributed by atoms with van der Waals surface area (Å²) in [6.45, 7) is 3.97. The van der Waals surface area contributed by atoms with Gasteiger partial charge in [-0.05, 0) is 62.2 Å². The lowest BCUT2D eigenvalue weighted by molar-refractivity contribution is -0.119. The largest absolute Gasteiger partial charge is 0.493 e. The molecule has 0 radical (unpaired) electrons. The SMILES string of the molecule is CCOc1ccccc1N(CC(=O)NCCc1ccc(OC)c(OC)c1)S(=O)(=O)c1ccc(C)cc1. The predicted octanol–water partition coefficient (Wildman–Crippen LogP) is 3.97. The fraction of sp³-hybridized carbons (Fsp3) is 0.296. The van der Waals surface area contributed by atoms with Crippen LogP contribution in [0.2, 0.25) is 0 Å². The number of ether oxygens (including phenoxy) is 3. The summed E-state index contributed by atoms with van der Waals surface area (Å²) in [4.78, 5) is 13.0.